The van der Waals surface area contributed by atoms with Gasteiger partial charge in [-0.25, -0.2) is 14.5 Å². The molecule has 8 nitrogen and oxygen atoms in total. The van der Waals surface area contributed by atoms with E-state index in [0.717, 1.165) is 65.7 Å². The number of benzene rings is 4. The molecule has 0 spiro atoms. The van der Waals surface area contributed by atoms with E-state index in [4.69, 9.17) is 90.1 Å². The molecule has 0 radical (unpaired) electrons. The summed E-state index contributed by atoms with van der Waals surface area (Å²) in [6.45, 7) is 9.78. The first kappa shape index (κ1) is 40.6. The number of nitrogens with zero attached hydrogens (tertiary/aromatic N) is 8. The van der Waals surface area contributed by atoms with Crippen LogP contribution in [0, 0.1) is 13.8 Å². The van der Waals surface area contributed by atoms with Gasteiger partial charge in [0.15, 0.2) is 0 Å². The predicted octanol–water partition coefficient (Wildman–Crippen LogP) is 14.0. The maximum Gasteiger partial charge on any atom is 0.243 e. The van der Waals surface area contributed by atoms with Gasteiger partial charge < -0.3 is 0 Å². The summed E-state index contributed by atoms with van der Waals surface area (Å²) in [4.78, 5) is 0. The van der Waals surface area contributed by atoms with Crippen LogP contribution in [-0.2, 0) is 5.66 Å². The first-order valence-corrected chi connectivity index (χ1v) is 20.9. The summed E-state index contributed by atoms with van der Waals surface area (Å²) in [7, 11) is 0. The zero-order valence-electron chi connectivity index (χ0n) is 31.4. The van der Waals surface area contributed by atoms with Crippen LogP contribution in [0.1, 0.15) is 68.5 Å². The Morgan fingerprint density at radius 3 is 1.41 bits per heavy atom. The number of unbranched alkanes of at least 4 members (excludes halogenated alkanes) is 3. The molecule has 0 amide bonds. The topological polar surface area (TPSA) is 66.8 Å². The van der Waals surface area contributed by atoms with Crippen LogP contribution < -0.4 is 0 Å². The van der Waals surface area contributed by atoms with Crippen molar-refractivity contribution in [2.24, 2.45) is 10.3 Å². The van der Waals surface area contributed by atoms with Crippen molar-refractivity contribution in [2.75, 3.05) is 13.1 Å². The molecule has 2 aromatic heterocycles. The van der Waals surface area contributed by atoms with E-state index in [2.05, 4.69) is 32.7 Å². The second kappa shape index (κ2) is 17.1. The van der Waals surface area contributed by atoms with Crippen molar-refractivity contribution in [3.63, 3.8) is 0 Å². The number of hydrogen-bond donors (Lipinski definition) is 0. The molecule has 0 fully saturated rings. The molecular weight excluding hydrogens is 829 g/mol. The molecule has 0 saturated carbocycles. The molecule has 3 heterocycles. The summed E-state index contributed by atoms with van der Waals surface area (Å²) < 4.78 is 3.73. The molecule has 14 heteroatoms. The summed E-state index contributed by atoms with van der Waals surface area (Å²) in [5.41, 5.74) is 6.39. The van der Waals surface area contributed by atoms with Crippen molar-refractivity contribution in [2.45, 2.75) is 65.5 Å². The summed E-state index contributed by atoms with van der Waals surface area (Å²) in [6.07, 6.45) is 4.84. The van der Waals surface area contributed by atoms with E-state index in [1.165, 1.54) is 0 Å². The van der Waals surface area contributed by atoms with Gasteiger partial charge in [-0.3, -0.25) is 0 Å². The molecule has 0 saturated heterocycles. The quantitative estimate of drug-likeness (QED) is 0.108. The number of hydrazine groups is 1. The van der Waals surface area contributed by atoms with Crippen molar-refractivity contribution < 1.29 is 0 Å². The van der Waals surface area contributed by atoms with E-state index in [-0.39, 0.29) is 0 Å². The highest BCUT2D eigenvalue weighted by Crippen LogP contribution is 2.49. The fourth-order valence-electron chi connectivity index (χ4n) is 7.29. The van der Waals surface area contributed by atoms with Gasteiger partial charge in [0.05, 0.1) is 39.4 Å². The van der Waals surface area contributed by atoms with Crippen LogP contribution in [0.25, 0.3) is 33.9 Å². The van der Waals surface area contributed by atoms with E-state index in [1.54, 1.807) is 24.3 Å². The van der Waals surface area contributed by atoms with Crippen LogP contribution in [0.4, 0.5) is 0 Å². The van der Waals surface area contributed by atoms with Crippen molar-refractivity contribution in [3.05, 3.63) is 138 Å². The Kier molecular flexibility index (Phi) is 12.4. The monoisotopic (exact) mass is 866 g/mol. The predicted molar refractivity (Wildman–Crippen MR) is 231 cm³/mol. The standard InChI is InChI=1S/C42H40Cl6N8/c1-5-7-9-22-53-42(51-52-54(53)23-8-6-2,40-26(3)38(28-10-14-30(43)15-11-28)55(49-40)36-20-18-32(45)24-34(36)47)41-27(4)39(29-12-16-31(44)17-13-29)56(50-41)37-21-19-33(46)25-35(37)48/h10-21,24-25H,5-9,22-23H2,1-4H3. The van der Waals surface area contributed by atoms with Gasteiger partial charge in [0.25, 0.3) is 0 Å². The van der Waals surface area contributed by atoms with Gasteiger partial charge in [-0.2, -0.15) is 15.2 Å². The third-order valence-corrected chi connectivity index (χ3v) is 11.6. The smallest absolute Gasteiger partial charge is 0.231 e. The molecule has 0 N–H and O–H groups in total. The highest BCUT2D eigenvalue weighted by Gasteiger charge is 2.54. The number of aromatic nitrogens is 4. The molecule has 0 bridgehead atoms. The molecule has 6 aromatic rings. The van der Waals surface area contributed by atoms with Gasteiger partial charge >= 0.3 is 0 Å². The Labute approximate surface area is 357 Å². The minimum Gasteiger partial charge on any atom is -0.231 e. The minimum absolute atomic E-state index is 0.441. The average molecular weight is 870 g/mol. The largest absolute Gasteiger partial charge is 0.243 e. The minimum atomic E-state index is -1.33. The molecular formula is C42H40Cl6N8. The third-order valence-electron chi connectivity index (χ3n) is 10.0. The van der Waals surface area contributed by atoms with Crippen LogP contribution >= 0.6 is 69.6 Å². The zero-order chi connectivity index (χ0) is 39.7. The van der Waals surface area contributed by atoms with Crippen molar-refractivity contribution >= 4 is 69.6 Å². The second-order valence-electron chi connectivity index (χ2n) is 13.8. The van der Waals surface area contributed by atoms with Crippen molar-refractivity contribution in [1.82, 2.24) is 29.7 Å². The van der Waals surface area contributed by atoms with Crippen molar-refractivity contribution in [3.8, 4) is 33.9 Å². The maximum absolute atomic E-state index is 6.96. The number of halogens is 6. The van der Waals surface area contributed by atoms with Crippen molar-refractivity contribution in [1.29, 1.82) is 0 Å². The molecule has 4 aromatic carbocycles. The highest BCUT2D eigenvalue weighted by atomic mass is 35.5. The molecule has 7 rings (SSSR count). The van der Waals surface area contributed by atoms with Crippen LogP contribution in [0.2, 0.25) is 30.1 Å². The van der Waals surface area contributed by atoms with Gasteiger partial charge in [0.2, 0.25) is 5.66 Å². The Balaban J connectivity index is 1.59. The van der Waals surface area contributed by atoms with Crippen LogP contribution in [0.3, 0.4) is 0 Å². The van der Waals surface area contributed by atoms with Gasteiger partial charge in [-0.05, 0) is 87.4 Å². The van der Waals surface area contributed by atoms with E-state index < -0.39 is 5.66 Å². The normalized spacial score (nSPS) is 14.0. The molecule has 0 unspecified atom stereocenters. The van der Waals surface area contributed by atoms with Crippen LogP contribution in [0.5, 0.6) is 0 Å². The Hall–Kier alpha value is -3.60. The lowest BCUT2D eigenvalue weighted by atomic mass is 9.92. The fourth-order valence-corrected chi connectivity index (χ4v) is 8.52. The summed E-state index contributed by atoms with van der Waals surface area (Å²) >= 11 is 39.6. The number of hydrogen-bond acceptors (Lipinski definition) is 6. The van der Waals surface area contributed by atoms with Crippen LogP contribution in [0.15, 0.2) is 95.3 Å². The van der Waals surface area contributed by atoms with E-state index >= 15 is 0 Å². The number of rotatable bonds is 13. The second-order valence-corrected chi connectivity index (χ2v) is 16.4. The Bertz CT molecular complexity index is 2240. The highest BCUT2D eigenvalue weighted by molar-refractivity contribution is 6.36. The lowest BCUT2D eigenvalue weighted by molar-refractivity contribution is -0.0610. The first-order valence-electron chi connectivity index (χ1n) is 18.6. The van der Waals surface area contributed by atoms with E-state index in [9.17, 15) is 0 Å². The summed E-state index contributed by atoms with van der Waals surface area (Å²) in [5, 5.41) is 28.6. The SMILES string of the molecule is CCCCCN1N(CCCC)N=NC1(c1nn(-c2ccc(Cl)cc2Cl)c(-c2ccc(Cl)cc2)c1C)c1nn(-c2ccc(Cl)cc2Cl)c(-c2ccc(Cl)cc2)c1C. The fraction of sp³-hybridized carbons (Fsp3) is 0.286. The molecule has 0 aliphatic carbocycles. The molecule has 1 aliphatic rings. The van der Waals surface area contributed by atoms with Crippen LogP contribution in [-0.4, -0.2) is 42.8 Å². The lowest BCUT2D eigenvalue weighted by Crippen LogP contribution is -2.51. The van der Waals surface area contributed by atoms with E-state index in [0.29, 0.717) is 66.0 Å². The van der Waals surface area contributed by atoms with E-state index in [1.807, 2.05) is 75.1 Å². The first-order chi connectivity index (χ1) is 27.0. The summed E-state index contributed by atoms with van der Waals surface area (Å²) in [5.74, 6) is 0. The average Bonchev–Trinajstić information content (AvgIpc) is 3.82. The molecule has 56 heavy (non-hydrogen) atoms. The molecule has 0 atom stereocenters. The lowest BCUT2D eigenvalue weighted by Gasteiger charge is -2.37. The van der Waals surface area contributed by atoms with Gasteiger partial charge in [0, 0.05) is 48.9 Å². The third kappa shape index (κ3) is 7.58. The maximum atomic E-state index is 6.96. The molecule has 290 valence electrons. The Morgan fingerprint density at radius 2 is 0.982 bits per heavy atom. The zero-order valence-corrected chi connectivity index (χ0v) is 35.9. The van der Waals surface area contributed by atoms with Gasteiger partial charge in [0.1, 0.15) is 11.4 Å². The summed E-state index contributed by atoms with van der Waals surface area (Å²) in [6, 6.07) is 26.2. The van der Waals surface area contributed by atoms with Gasteiger partial charge in [-0.1, -0.05) is 132 Å². The Morgan fingerprint density at radius 1 is 0.536 bits per heavy atom. The molecule has 1 aliphatic heterocycles. The van der Waals surface area contributed by atoms with Gasteiger partial charge in [-0.15, -0.1) is 5.11 Å².